The summed E-state index contributed by atoms with van der Waals surface area (Å²) < 4.78 is 37.5. The number of rotatable bonds is 3. The molecule has 114 valence electrons. The highest BCUT2D eigenvalue weighted by molar-refractivity contribution is 7.85. The maximum Gasteiger partial charge on any atom is 0.294 e. The Kier molecular flexibility index (Phi) is 3.75. The van der Waals surface area contributed by atoms with E-state index in [4.69, 9.17) is 4.42 Å². The molecule has 1 aromatic heterocycles. The Balaban J connectivity index is 1.98. The molecule has 2 heterocycles. The van der Waals surface area contributed by atoms with Crippen molar-refractivity contribution in [2.45, 2.75) is 24.4 Å². The van der Waals surface area contributed by atoms with Gasteiger partial charge in [-0.2, -0.15) is 8.42 Å². The lowest BCUT2D eigenvalue weighted by atomic mass is 10.1. The predicted molar refractivity (Wildman–Crippen MR) is 78.8 cm³/mol. The minimum Gasteiger partial charge on any atom is -0.464 e. The lowest BCUT2D eigenvalue weighted by Gasteiger charge is -2.31. The molecular weight excluding hydrogens is 292 g/mol. The third-order valence-electron chi connectivity index (χ3n) is 3.75. The van der Waals surface area contributed by atoms with Crippen molar-refractivity contribution in [2.24, 2.45) is 0 Å². The van der Waals surface area contributed by atoms with Crippen LogP contribution in [0.2, 0.25) is 0 Å². The summed E-state index contributed by atoms with van der Waals surface area (Å²) in [6.45, 7) is 5.39. The fourth-order valence-electron chi connectivity index (χ4n) is 2.79. The van der Waals surface area contributed by atoms with Gasteiger partial charge in [0, 0.05) is 43.2 Å². The second kappa shape index (κ2) is 5.42. The first-order chi connectivity index (χ1) is 9.93. The molecule has 1 aliphatic rings. The molecule has 3 rings (SSSR count). The minimum absolute atomic E-state index is 0.0883. The number of piperazine rings is 1. The van der Waals surface area contributed by atoms with Gasteiger partial charge in [-0.25, -0.2) is 0 Å². The molecule has 0 aliphatic carbocycles. The van der Waals surface area contributed by atoms with Crippen LogP contribution in [-0.4, -0.2) is 43.5 Å². The lowest BCUT2D eigenvalue weighted by Crippen LogP contribution is -2.48. The maximum absolute atomic E-state index is 11.4. The monoisotopic (exact) mass is 310 g/mol. The zero-order valence-corrected chi connectivity index (χ0v) is 12.6. The Morgan fingerprint density at radius 3 is 3.00 bits per heavy atom. The van der Waals surface area contributed by atoms with E-state index in [0.29, 0.717) is 23.6 Å². The SMILES string of the molecule is C[C@H]1CN(Cc2cc(S(=O)(=O)O)cc3ccoc23)CCN1. The summed E-state index contributed by atoms with van der Waals surface area (Å²) in [5, 5.41) is 4.05. The van der Waals surface area contributed by atoms with Crippen LogP contribution in [-0.2, 0) is 16.7 Å². The number of hydrogen-bond acceptors (Lipinski definition) is 5. The number of hydrogen-bond donors (Lipinski definition) is 2. The summed E-state index contributed by atoms with van der Waals surface area (Å²) in [5.74, 6) is 0. The molecule has 1 aliphatic heterocycles. The summed E-state index contributed by atoms with van der Waals surface area (Å²) in [6.07, 6.45) is 1.53. The van der Waals surface area contributed by atoms with Crippen LogP contribution < -0.4 is 5.32 Å². The first-order valence-electron chi connectivity index (χ1n) is 6.87. The predicted octanol–water partition coefficient (Wildman–Crippen LogP) is 1.47. The quantitative estimate of drug-likeness (QED) is 0.836. The molecule has 1 atom stereocenters. The summed E-state index contributed by atoms with van der Waals surface area (Å²) in [4.78, 5) is 2.15. The highest BCUT2D eigenvalue weighted by Crippen LogP contribution is 2.26. The van der Waals surface area contributed by atoms with E-state index < -0.39 is 10.1 Å². The van der Waals surface area contributed by atoms with Crippen LogP contribution in [0.1, 0.15) is 12.5 Å². The molecule has 0 spiro atoms. The van der Waals surface area contributed by atoms with Crippen LogP contribution in [0.4, 0.5) is 0 Å². The van der Waals surface area contributed by atoms with Crippen LogP contribution in [0.3, 0.4) is 0 Å². The van der Waals surface area contributed by atoms with Crippen LogP contribution in [0.15, 0.2) is 33.8 Å². The molecule has 0 saturated carbocycles. The largest absolute Gasteiger partial charge is 0.464 e. The van der Waals surface area contributed by atoms with Crippen molar-refractivity contribution in [1.82, 2.24) is 10.2 Å². The first kappa shape index (κ1) is 14.5. The highest BCUT2D eigenvalue weighted by Gasteiger charge is 2.20. The normalized spacial score (nSPS) is 21.0. The summed E-state index contributed by atoms with van der Waals surface area (Å²) >= 11 is 0. The standard InChI is InChI=1S/C14H18N2O4S/c1-10-8-16(4-3-15-10)9-12-7-13(21(17,18)19)6-11-2-5-20-14(11)12/h2,5-7,10,15H,3-4,8-9H2,1H3,(H,17,18,19)/t10-/m0/s1. The molecule has 6 nitrogen and oxygen atoms in total. The number of fused-ring (bicyclic) bond motifs is 1. The van der Waals surface area contributed by atoms with Gasteiger partial charge in [0.1, 0.15) is 5.58 Å². The van der Waals surface area contributed by atoms with Crippen LogP contribution in [0.25, 0.3) is 11.0 Å². The molecular formula is C14H18N2O4S. The van der Waals surface area contributed by atoms with Gasteiger partial charge in [-0.15, -0.1) is 0 Å². The smallest absolute Gasteiger partial charge is 0.294 e. The average molecular weight is 310 g/mol. The van der Waals surface area contributed by atoms with Gasteiger partial charge in [-0.05, 0) is 25.1 Å². The lowest BCUT2D eigenvalue weighted by molar-refractivity contribution is 0.199. The second-order valence-corrected chi connectivity index (χ2v) is 6.91. The summed E-state index contributed by atoms with van der Waals surface area (Å²) in [6, 6.07) is 5.02. The Morgan fingerprint density at radius 2 is 2.29 bits per heavy atom. The van der Waals surface area contributed by atoms with Gasteiger partial charge in [-0.1, -0.05) is 0 Å². The van der Waals surface area contributed by atoms with Crippen molar-refractivity contribution in [3.63, 3.8) is 0 Å². The zero-order valence-electron chi connectivity index (χ0n) is 11.7. The molecule has 0 unspecified atom stereocenters. The van der Waals surface area contributed by atoms with Crippen LogP contribution in [0, 0.1) is 0 Å². The van der Waals surface area contributed by atoms with Crippen LogP contribution >= 0.6 is 0 Å². The van der Waals surface area contributed by atoms with Crippen molar-refractivity contribution in [3.05, 3.63) is 30.0 Å². The molecule has 1 saturated heterocycles. The van der Waals surface area contributed by atoms with Crippen molar-refractivity contribution in [3.8, 4) is 0 Å². The van der Waals surface area contributed by atoms with Gasteiger partial charge in [0.15, 0.2) is 0 Å². The fourth-order valence-corrected chi connectivity index (χ4v) is 3.36. The summed E-state index contributed by atoms with van der Waals surface area (Å²) in [5.41, 5.74) is 1.45. The van der Waals surface area contributed by atoms with E-state index in [9.17, 15) is 13.0 Å². The molecule has 0 amide bonds. The van der Waals surface area contributed by atoms with Crippen molar-refractivity contribution in [2.75, 3.05) is 19.6 Å². The molecule has 7 heteroatoms. The molecule has 1 aromatic carbocycles. The Hall–Kier alpha value is -1.41. The van der Waals surface area contributed by atoms with E-state index in [1.807, 2.05) is 0 Å². The minimum atomic E-state index is -4.22. The van der Waals surface area contributed by atoms with Gasteiger partial charge in [0.25, 0.3) is 10.1 Å². The summed E-state index contributed by atoms with van der Waals surface area (Å²) in [7, 11) is -4.22. The van der Waals surface area contributed by atoms with E-state index in [1.54, 1.807) is 6.07 Å². The van der Waals surface area contributed by atoms with E-state index in [2.05, 4.69) is 17.1 Å². The first-order valence-corrected chi connectivity index (χ1v) is 8.31. The van der Waals surface area contributed by atoms with Gasteiger partial charge in [-0.3, -0.25) is 9.45 Å². The van der Waals surface area contributed by atoms with Crippen molar-refractivity contribution in [1.29, 1.82) is 0 Å². The number of benzene rings is 1. The topological polar surface area (TPSA) is 82.8 Å². The van der Waals surface area contributed by atoms with E-state index in [0.717, 1.165) is 25.2 Å². The maximum atomic E-state index is 11.4. The molecule has 1 fully saturated rings. The fraction of sp³-hybridized carbons (Fsp3) is 0.429. The highest BCUT2D eigenvalue weighted by atomic mass is 32.2. The number of nitrogens with one attached hydrogen (secondary N) is 1. The Bertz CT molecular complexity index is 753. The van der Waals surface area contributed by atoms with Gasteiger partial charge in [0.2, 0.25) is 0 Å². The van der Waals surface area contributed by atoms with Gasteiger partial charge in [0.05, 0.1) is 11.2 Å². The Labute approximate surface area is 123 Å². The number of nitrogens with zero attached hydrogens (tertiary/aromatic N) is 1. The van der Waals surface area contributed by atoms with Gasteiger partial charge < -0.3 is 9.73 Å². The van der Waals surface area contributed by atoms with E-state index in [1.165, 1.54) is 18.4 Å². The Morgan fingerprint density at radius 1 is 1.48 bits per heavy atom. The average Bonchev–Trinajstić information content (AvgIpc) is 2.86. The van der Waals surface area contributed by atoms with E-state index >= 15 is 0 Å². The third kappa shape index (κ3) is 3.11. The van der Waals surface area contributed by atoms with Crippen LogP contribution in [0.5, 0.6) is 0 Å². The second-order valence-electron chi connectivity index (χ2n) is 5.49. The number of furan rings is 1. The molecule has 0 radical (unpaired) electrons. The molecule has 2 N–H and O–H groups in total. The van der Waals surface area contributed by atoms with E-state index in [-0.39, 0.29) is 4.90 Å². The zero-order chi connectivity index (χ0) is 15.0. The molecule has 21 heavy (non-hydrogen) atoms. The third-order valence-corrected chi connectivity index (χ3v) is 4.58. The molecule has 0 bridgehead atoms. The van der Waals surface area contributed by atoms with Gasteiger partial charge >= 0.3 is 0 Å². The van der Waals surface area contributed by atoms with Crippen molar-refractivity contribution < 1.29 is 17.4 Å². The molecule has 2 aromatic rings. The van der Waals surface area contributed by atoms with Crippen molar-refractivity contribution >= 4 is 21.1 Å².